The molecule has 0 saturated heterocycles. The lowest BCUT2D eigenvalue weighted by Crippen LogP contribution is -1.96. The lowest BCUT2D eigenvalue weighted by Gasteiger charge is -2.23. The summed E-state index contributed by atoms with van der Waals surface area (Å²) >= 11 is 34.8. The maximum atomic E-state index is 3.94. The van der Waals surface area contributed by atoms with Gasteiger partial charge in [-0.25, -0.2) is 0 Å². The van der Waals surface area contributed by atoms with Crippen molar-refractivity contribution >= 4 is 173 Å². The van der Waals surface area contributed by atoms with Gasteiger partial charge in [0.1, 0.15) is 0 Å². The van der Waals surface area contributed by atoms with Gasteiger partial charge in [0, 0.05) is 67.1 Å². The highest BCUT2D eigenvalue weighted by Crippen LogP contribution is 2.57. The summed E-state index contributed by atoms with van der Waals surface area (Å²) in [5.74, 6) is 2.14. The molecule has 0 atom stereocenters. The molecule has 3 aromatic rings. The van der Waals surface area contributed by atoms with Crippen molar-refractivity contribution in [1.29, 1.82) is 0 Å². The number of rotatable bonds is 8. The number of unbranched alkanes of at least 4 members (excludes halogenated alkanes) is 2. The zero-order chi connectivity index (χ0) is 23.7. The third kappa shape index (κ3) is 5.59. The molecule has 174 valence electrons. The lowest BCUT2D eigenvalue weighted by molar-refractivity contribution is 0.896. The van der Waals surface area contributed by atoms with Crippen molar-refractivity contribution in [2.45, 2.75) is 49.3 Å². The molecule has 0 aliphatic heterocycles. The van der Waals surface area contributed by atoms with Gasteiger partial charge in [0.2, 0.25) is 0 Å². The molecule has 32 heavy (non-hydrogen) atoms. The van der Waals surface area contributed by atoms with E-state index < -0.39 is 0 Å². The van der Waals surface area contributed by atoms with Crippen LogP contribution in [0, 0.1) is 0 Å². The van der Waals surface area contributed by atoms with E-state index in [2.05, 4.69) is 141 Å². The predicted molar refractivity (Wildman–Crippen MR) is 174 cm³/mol. The molecule has 0 amide bonds. The molecule has 0 heterocycles. The number of thioether (sulfide) groups is 2. The molecule has 0 aliphatic rings. The normalized spacial score (nSPS) is 11.8. The molecule has 0 fully saturated rings. The summed E-state index contributed by atoms with van der Waals surface area (Å²) in [7, 11) is 0. The zero-order valence-electron chi connectivity index (χ0n) is 17.1. The van der Waals surface area contributed by atoms with E-state index in [0.29, 0.717) is 0 Å². The predicted octanol–water partition coefficient (Wildman–Crippen LogP) is 13.9. The maximum absolute atomic E-state index is 3.94. The van der Waals surface area contributed by atoms with Gasteiger partial charge >= 0.3 is 0 Å². The first-order valence-electron chi connectivity index (χ1n) is 9.91. The SMILES string of the molecule is CCCCSc1c2c(Br)c(Br)c(Br)c(Br)c2c(SCCCC)c2c(Br)c(Br)c(Br)c(Br)c12. The molecule has 0 bridgehead atoms. The van der Waals surface area contributed by atoms with Crippen LogP contribution in [-0.2, 0) is 0 Å². The van der Waals surface area contributed by atoms with Crippen LogP contribution < -0.4 is 0 Å². The van der Waals surface area contributed by atoms with Gasteiger partial charge in [-0.3, -0.25) is 0 Å². The minimum atomic E-state index is 1.02. The second-order valence-electron chi connectivity index (χ2n) is 7.07. The van der Waals surface area contributed by atoms with Crippen LogP contribution in [0.5, 0.6) is 0 Å². The molecule has 3 rings (SSSR count). The number of fused-ring (bicyclic) bond motifs is 2. The number of hydrogen-bond donors (Lipinski definition) is 0. The van der Waals surface area contributed by atoms with Crippen molar-refractivity contribution < 1.29 is 0 Å². The Morgan fingerprint density at radius 2 is 0.688 bits per heavy atom. The van der Waals surface area contributed by atoms with Gasteiger partial charge in [0.25, 0.3) is 0 Å². The van der Waals surface area contributed by atoms with Crippen LogP contribution in [0.3, 0.4) is 0 Å². The molecule has 0 nitrogen and oxygen atoms in total. The average Bonchev–Trinajstić information content (AvgIpc) is 2.78. The fraction of sp³-hybridized carbons (Fsp3) is 0.364. The second kappa shape index (κ2) is 13.0. The molecule has 0 aliphatic carbocycles. The highest BCUT2D eigenvalue weighted by atomic mass is 79.9. The zero-order valence-corrected chi connectivity index (χ0v) is 31.4. The molecule has 3 aromatic carbocycles. The first-order valence-corrected chi connectivity index (χ1v) is 18.2. The van der Waals surface area contributed by atoms with Crippen LogP contribution in [0.15, 0.2) is 45.6 Å². The van der Waals surface area contributed by atoms with E-state index in [1.165, 1.54) is 57.0 Å². The van der Waals surface area contributed by atoms with E-state index in [1.54, 1.807) is 0 Å². The molecule has 0 N–H and O–H groups in total. The van der Waals surface area contributed by atoms with Crippen LogP contribution >= 0.6 is 151 Å². The second-order valence-corrected chi connectivity index (χ2v) is 15.6. The van der Waals surface area contributed by atoms with E-state index in [4.69, 9.17) is 0 Å². The molecule has 0 saturated carbocycles. The van der Waals surface area contributed by atoms with Crippen LogP contribution in [0.2, 0.25) is 0 Å². The summed E-state index contributed by atoms with van der Waals surface area (Å²) < 4.78 is 8.36. The third-order valence-electron chi connectivity index (χ3n) is 4.93. The standard InChI is InChI=1S/C22H18Br8S2/c1-3-5-7-31-21-9-11(15(25)19(29)17(27)13(9)23)22(32-8-6-4-2)12-10(21)14(24)18(28)20(30)16(12)26/h3-8H2,1-2H3. The summed E-state index contributed by atoms with van der Waals surface area (Å²) in [4.78, 5) is 2.56. The Morgan fingerprint density at radius 3 is 0.906 bits per heavy atom. The van der Waals surface area contributed by atoms with Crippen LogP contribution in [0.1, 0.15) is 39.5 Å². The minimum Gasteiger partial charge on any atom is -0.125 e. The van der Waals surface area contributed by atoms with Gasteiger partial charge in [-0.05, 0) is 152 Å². The maximum Gasteiger partial charge on any atom is 0.0477 e. The van der Waals surface area contributed by atoms with Crippen LogP contribution in [0.4, 0.5) is 0 Å². The summed E-state index contributed by atoms with van der Waals surface area (Å²) in [6.45, 7) is 4.48. The molecular formula is C22H18Br8S2. The van der Waals surface area contributed by atoms with Gasteiger partial charge in [0.15, 0.2) is 0 Å². The average molecular weight is 986 g/mol. The minimum absolute atomic E-state index is 1.02. The lowest BCUT2D eigenvalue weighted by atomic mass is 10.0. The van der Waals surface area contributed by atoms with E-state index in [9.17, 15) is 0 Å². The summed E-state index contributed by atoms with van der Waals surface area (Å²) in [5.41, 5.74) is 0. The molecule has 0 unspecified atom stereocenters. The molecule has 0 radical (unpaired) electrons. The quantitative estimate of drug-likeness (QED) is 0.0725. The molecule has 0 spiro atoms. The van der Waals surface area contributed by atoms with Crippen molar-refractivity contribution in [1.82, 2.24) is 0 Å². The molecule has 10 heteroatoms. The van der Waals surface area contributed by atoms with Crippen molar-refractivity contribution in [3.05, 3.63) is 35.8 Å². The summed E-state index contributed by atoms with van der Waals surface area (Å²) in [6.07, 6.45) is 4.70. The first kappa shape index (κ1) is 29.3. The van der Waals surface area contributed by atoms with Crippen LogP contribution in [-0.4, -0.2) is 11.5 Å². The van der Waals surface area contributed by atoms with Gasteiger partial charge in [-0.1, -0.05) is 26.7 Å². The van der Waals surface area contributed by atoms with Crippen molar-refractivity contribution in [3.63, 3.8) is 0 Å². The fourth-order valence-electron chi connectivity index (χ4n) is 3.29. The number of hydrogen-bond acceptors (Lipinski definition) is 2. The molecular weight excluding hydrogens is 968 g/mol. The Hall–Kier alpha value is 2.72. The van der Waals surface area contributed by atoms with Crippen molar-refractivity contribution in [3.8, 4) is 0 Å². The smallest absolute Gasteiger partial charge is 0.0477 e. The Bertz CT molecular complexity index is 1020. The Labute approximate surface area is 265 Å². The summed E-state index contributed by atoms with van der Waals surface area (Å²) in [5, 5.41) is 4.95. The highest BCUT2D eigenvalue weighted by molar-refractivity contribution is 9.15. The Balaban J connectivity index is 2.62. The van der Waals surface area contributed by atoms with Crippen molar-refractivity contribution in [2.75, 3.05) is 11.5 Å². The van der Waals surface area contributed by atoms with Crippen LogP contribution in [0.25, 0.3) is 21.5 Å². The van der Waals surface area contributed by atoms with E-state index >= 15 is 0 Å². The van der Waals surface area contributed by atoms with Crippen molar-refractivity contribution in [2.24, 2.45) is 0 Å². The fourth-order valence-corrected chi connectivity index (χ4v) is 11.5. The van der Waals surface area contributed by atoms with Gasteiger partial charge in [-0.2, -0.15) is 0 Å². The van der Waals surface area contributed by atoms with Gasteiger partial charge < -0.3 is 0 Å². The third-order valence-corrected chi connectivity index (χ3v) is 16.8. The largest absolute Gasteiger partial charge is 0.125 e. The van der Waals surface area contributed by atoms with E-state index in [0.717, 1.165) is 47.3 Å². The monoisotopic (exact) mass is 977 g/mol. The number of benzene rings is 3. The van der Waals surface area contributed by atoms with Gasteiger partial charge in [-0.15, -0.1) is 23.5 Å². The van der Waals surface area contributed by atoms with E-state index in [-0.39, 0.29) is 0 Å². The first-order chi connectivity index (χ1) is 15.2. The number of halogens is 8. The Morgan fingerprint density at radius 1 is 0.438 bits per heavy atom. The topological polar surface area (TPSA) is 0 Å². The van der Waals surface area contributed by atoms with Gasteiger partial charge in [0.05, 0.1) is 0 Å². The summed E-state index contributed by atoms with van der Waals surface area (Å²) in [6, 6.07) is 0. The Kier molecular flexibility index (Phi) is 11.9. The van der Waals surface area contributed by atoms with E-state index in [1.807, 2.05) is 23.5 Å². The molecule has 0 aromatic heterocycles. The highest BCUT2D eigenvalue weighted by Gasteiger charge is 2.27.